The number of rotatable bonds is 3. The van der Waals surface area contributed by atoms with Crippen molar-refractivity contribution < 1.29 is 20.1 Å². The van der Waals surface area contributed by atoms with Crippen molar-refractivity contribution >= 4 is 0 Å². The number of hydrogen-bond donors (Lipinski definition) is 3. The molecule has 0 aromatic heterocycles. The van der Waals surface area contributed by atoms with Crippen LogP contribution in [0.3, 0.4) is 0 Å². The summed E-state index contributed by atoms with van der Waals surface area (Å²) in [6.45, 7) is 3.06. The molecule has 12 heavy (non-hydrogen) atoms. The van der Waals surface area contributed by atoms with Gasteiger partial charge in [-0.2, -0.15) is 0 Å². The number of ether oxygens (including phenoxy) is 1. The molecule has 0 unspecified atom stereocenters. The van der Waals surface area contributed by atoms with Crippen LogP contribution in [0.25, 0.3) is 0 Å². The van der Waals surface area contributed by atoms with Crippen LogP contribution in [-0.4, -0.2) is 48.4 Å². The van der Waals surface area contributed by atoms with Crippen LogP contribution in [0.2, 0.25) is 0 Å². The van der Waals surface area contributed by atoms with Crippen LogP contribution in [0.4, 0.5) is 0 Å². The summed E-state index contributed by atoms with van der Waals surface area (Å²) in [5.41, 5.74) is -0.708. The van der Waals surface area contributed by atoms with E-state index in [0.717, 1.165) is 13.2 Å². The molecule has 0 aromatic rings. The van der Waals surface area contributed by atoms with E-state index in [1.807, 2.05) is 0 Å². The van der Waals surface area contributed by atoms with Crippen molar-refractivity contribution in [2.24, 2.45) is 5.41 Å². The Hall–Kier alpha value is -0.160. The summed E-state index contributed by atoms with van der Waals surface area (Å²) in [4.78, 5) is 0. The van der Waals surface area contributed by atoms with E-state index in [0.29, 0.717) is 0 Å². The Labute approximate surface area is 72.8 Å². The maximum Gasteiger partial charge on any atom is 0.0528 e. The minimum absolute atomic E-state index is 0.181. The molecule has 4 nitrogen and oxygen atoms in total. The second-order valence-electron chi connectivity index (χ2n) is 3.25. The van der Waals surface area contributed by atoms with Crippen molar-refractivity contribution in [3.05, 3.63) is 0 Å². The van der Waals surface area contributed by atoms with Gasteiger partial charge in [-0.3, -0.25) is 0 Å². The van der Waals surface area contributed by atoms with Crippen LogP contribution < -0.4 is 0 Å². The summed E-state index contributed by atoms with van der Waals surface area (Å²) in [7, 11) is 0. The highest BCUT2D eigenvalue weighted by atomic mass is 16.5. The van der Waals surface area contributed by atoms with Gasteiger partial charge >= 0.3 is 0 Å². The van der Waals surface area contributed by atoms with Crippen molar-refractivity contribution in [3.63, 3.8) is 0 Å². The SMILES string of the molecule is C1COC1.CC(CO)(CO)CO. The van der Waals surface area contributed by atoms with Crippen LogP contribution in [0.15, 0.2) is 0 Å². The third kappa shape index (κ3) is 4.66. The van der Waals surface area contributed by atoms with Crippen LogP contribution >= 0.6 is 0 Å². The van der Waals surface area contributed by atoms with Gasteiger partial charge in [0.1, 0.15) is 0 Å². The van der Waals surface area contributed by atoms with Gasteiger partial charge in [0.15, 0.2) is 0 Å². The first-order valence-electron chi connectivity index (χ1n) is 4.09. The summed E-state index contributed by atoms with van der Waals surface area (Å²) in [6.07, 6.45) is 1.28. The van der Waals surface area contributed by atoms with E-state index < -0.39 is 5.41 Å². The topological polar surface area (TPSA) is 69.9 Å². The fourth-order valence-corrected chi connectivity index (χ4v) is 0.294. The summed E-state index contributed by atoms with van der Waals surface area (Å²) in [6, 6.07) is 0. The molecule has 0 atom stereocenters. The Bertz CT molecular complexity index is 85.0. The summed E-state index contributed by atoms with van der Waals surface area (Å²) >= 11 is 0. The highest BCUT2D eigenvalue weighted by Crippen LogP contribution is 2.10. The van der Waals surface area contributed by atoms with Crippen molar-refractivity contribution in [1.29, 1.82) is 0 Å². The molecular formula is C8H18O4. The maximum atomic E-state index is 8.47. The molecule has 1 saturated heterocycles. The minimum atomic E-state index is -0.708. The van der Waals surface area contributed by atoms with Crippen molar-refractivity contribution in [2.45, 2.75) is 13.3 Å². The second kappa shape index (κ2) is 6.37. The smallest absolute Gasteiger partial charge is 0.0528 e. The zero-order valence-electron chi connectivity index (χ0n) is 7.49. The molecule has 1 aliphatic heterocycles. The summed E-state index contributed by atoms with van der Waals surface area (Å²) in [5.74, 6) is 0. The number of hydrogen-bond acceptors (Lipinski definition) is 4. The molecule has 4 heteroatoms. The van der Waals surface area contributed by atoms with Crippen LogP contribution in [0, 0.1) is 5.41 Å². The average molecular weight is 178 g/mol. The molecule has 74 valence electrons. The molecular weight excluding hydrogens is 160 g/mol. The largest absolute Gasteiger partial charge is 0.396 e. The van der Waals surface area contributed by atoms with E-state index in [1.165, 1.54) is 6.42 Å². The van der Waals surface area contributed by atoms with Crippen LogP contribution in [0.5, 0.6) is 0 Å². The lowest BCUT2D eigenvalue weighted by Crippen LogP contribution is -2.29. The molecule has 0 aromatic carbocycles. The lowest BCUT2D eigenvalue weighted by atomic mass is 9.95. The van der Waals surface area contributed by atoms with Gasteiger partial charge in [-0.25, -0.2) is 0 Å². The lowest BCUT2D eigenvalue weighted by Gasteiger charge is -2.20. The lowest BCUT2D eigenvalue weighted by molar-refractivity contribution is 0.0200. The molecule has 1 rings (SSSR count). The van der Waals surface area contributed by atoms with Gasteiger partial charge in [-0.15, -0.1) is 0 Å². The molecule has 0 radical (unpaired) electrons. The molecule has 1 aliphatic rings. The standard InChI is InChI=1S/C5H12O3.C3H6O/c1-5(2-6,3-7)4-8;1-2-4-3-1/h6-8H,2-4H2,1H3;1-3H2. The normalized spacial score (nSPS) is 16.0. The summed E-state index contributed by atoms with van der Waals surface area (Å²) < 4.78 is 4.72. The monoisotopic (exact) mass is 178 g/mol. The van der Waals surface area contributed by atoms with Gasteiger partial charge in [0, 0.05) is 18.6 Å². The van der Waals surface area contributed by atoms with Gasteiger partial charge in [0.05, 0.1) is 19.8 Å². The highest BCUT2D eigenvalue weighted by Gasteiger charge is 2.20. The number of aliphatic hydroxyl groups is 3. The Kier molecular flexibility index (Phi) is 6.28. The predicted molar refractivity (Wildman–Crippen MR) is 44.8 cm³/mol. The van der Waals surface area contributed by atoms with E-state index in [2.05, 4.69) is 0 Å². The Morgan fingerprint density at radius 2 is 1.33 bits per heavy atom. The Morgan fingerprint density at radius 3 is 1.33 bits per heavy atom. The fraction of sp³-hybridized carbons (Fsp3) is 1.00. The average Bonchev–Trinajstić information content (AvgIpc) is 2.00. The molecule has 0 bridgehead atoms. The number of aliphatic hydroxyl groups excluding tert-OH is 3. The predicted octanol–water partition coefficient (Wildman–Crippen LogP) is -0.624. The van der Waals surface area contributed by atoms with E-state index in [9.17, 15) is 0 Å². The van der Waals surface area contributed by atoms with Crippen molar-refractivity contribution in [3.8, 4) is 0 Å². The third-order valence-electron chi connectivity index (χ3n) is 1.72. The highest BCUT2D eigenvalue weighted by molar-refractivity contribution is 4.69. The second-order valence-corrected chi connectivity index (χ2v) is 3.25. The Balaban J connectivity index is 0.000000247. The quantitative estimate of drug-likeness (QED) is 0.538. The molecule has 0 amide bonds. The van der Waals surface area contributed by atoms with Crippen molar-refractivity contribution in [2.75, 3.05) is 33.0 Å². The first-order valence-corrected chi connectivity index (χ1v) is 4.09. The molecule has 1 heterocycles. The van der Waals surface area contributed by atoms with Gasteiger partial charge in [-0.05, 0) is 6.42 Å². The zero-order valence-corrected chi connectivity index (χ0v) is 7.49. The van der Waals surface area contributed by atoms with Gasteiger partial charge < -0.3 is 20.1 Å². The minimum Gasteiger partial charge on any atom is -0.396 e. The Morgan fingerprint density at radius 1 is 1.08 bits per heavy atom. The zero-order chi connectivity index (χ0) is 9.45. The third-order valence-corrected chi connectivity index (χ3v) is 1.72. The molecule has 1 fully saturated rings. The fourth-order valence-electron chi connectivity index (χ4n) is 0.294. The van der Waals surface area contributed by atoms with E-state index in [1.54, 1.807) is 6.92 Å². The molecule has 0 aliphatic carbocycles. The maximum absolute atomic E-state index is 8.47. The van der Waals surface area contributed by atoms with Gasteiger partial charge in [0.25, 0.3) is 0 Å². The molecule has 0 saturated carbocycles. The molecule has 0 spiro atoms. The van der Waals surface area contributed by atoms with Gasteiger partial charge in [0.2, 0.25) is 0 Å². The first kappa shape index (κ1) is 11.8. The van der Waals surface area contributed by atoms with Gasteiger partial charge in [-0.1, -0.05) is 6.92 Å². The van der Waals surface area contributed by atoms with Crippen LogP contribution in [-0.2, 0) is 4.74 Å². The van der Waals surface area contributed by atoms with E-state index >= 15 is 0 Å². The van der Waals surface area contributed by atoms with Crippen LogP contribution in [0.1, 0.15) is 13.3 Å². The molecule has 3 N–H and O–H groups in total. The first-order chi connectivity index (χ1) is 5.68. The summed E-state index contributed by atoms with van der Waals surface area (Å²) in [5, 5.41) is 25.4. The van der Waals surface area contributed by atoms with Crippen molar-refractivity contribution in [1.82, 2.24) is 0 Å². The van der Waals surface area contributed by atoms with E-state index in [4.69, 9.17) is 20.1 Å². The van der Waals surface area contributed by atoms with E-state index in [-0.39, 0.29) is 19.8 Å².